The molecule has 8 nitrogen and oxygen atoms in total. The van der Waals surface area contributed by atoms with Gasteiger partial charge in [-0.3, -0.25) is 14.3 Å². The third-order valence-corrected chi connectivity index (χ3v) is 6.80. The predicted octanol–water partition coefficient (Wildman–Crippen LogP) is 5.51. The number of amides is 1. The monoisotopic (exact) mass is 512 g/mol. The van der Waals surface area contributed by atoms with E-state index in [4.69, 9.17) is 21.1 Å². The number of halogens is 1. The Morgan fingerprint density at radius 3 is 2.39 bits per heavy atom. The van der Waals surface area contributed by atoms with E-state index in [-0.39, 0.29) is 18.7 Å². The predicted molar refractivity (Wildman–Crippen MR) is 136 cm³/mol. The van der Waals surface area contributed by atoms with Gasteiger partial charge in [-0.2, -0.15) is 0 Å². The van der Waals surface area contributed by atoms with E-state index in [0.29, 0.717) is 27.5 Å². The molecule has 1 aliphatic heterocycles. The lowest BCUT2D eigenvalue weighted by Gasteiger charge is -2.32. The van der Waals surface area contributed by atoms with E-state index >= 15 is 0 Å². The summed E-state index contributed by atoms with van der Waals surface area (Å²) in [4.78, 5) is 39.6. The Morgan fingerprint density at radius 2 is 1.81 bits per heavy atom. The minimum Gasteiger partial charge on any atom is -0.497 e. The zero-order chi connectivity index (χ0) is 26.4. The molecule has 36 heavy (non-hydrogen) atoms. The van der Waals surface area contributed by atoms with Crippen LogP contribution in [0.2, 0.25) is 5.02 Å². The van der Waals surface area contributed by atoms with Crippen molar-refractivity contribution in [3.05, 3.63) is 64.3 Å². The average Bonchev–Trinajstić information content (AvgIpc) is 3.31. The van der Waals surface area contributed by atoms with E-state index in [2.05, 4.69) is 0 Å². The molecule has 0 bridgehead atoms. The Morgan fingerprint density at radius 1 is 1.14 bits per heavy atom. The van der Waals surface area contributed by atoms with Crippen molar-refractivity contribution >= 4 is 40.5 Å². The van der Waals surface area contributed by atoms with Gasteiger partial charge < -0.3 is 14.6 Å². The SMILES string of the molecule is COc1ccc2c(c1)c(C)c(CCC1C(=O)OC(C(C)(C)C)N1C(=O)O)n2C(=O)c1ccc(Cl)cc1. The molecule has 9 heteroatoms. The number of rotatable bonds is 5. The molecule has 2 atom stereocenters. The zero-order valence-electron chi connectivity index (χ0n) is 20.9. The van der Waals surface area contributed by atoms with Crippen LogP contribution in [0, 0.1) is 12.3 Å². The highest BCUT2D eigenvalue weighted by Crippen LogP contribution is 2.36. The topological polar surface area (TPSA) is 98.1 Å². The molecule has 0 radical (unpaired) electrons. The molecule has 1 fully saturated rings. The summed E-state index contributed by atoms with van der Waals surface area (Å²) in [5.74, 6) is -0.178. The van der Waals surface area contributed by atoms with E-state index < -0.39 is 29.7 Å². The molecule has 1 aromatic heterocycles. The highest BCUT2D eigenvalue weighted by atomic mass is 35.5. The number of carbonyl (C=O) groups is 3. The highest BCUT2D eigenvalue weighted by Gasteiger charge is 2.50. The third kappa shape index (κ3) is 4.53. The van der Waals surface area contributed by atoms with Crippen molar-refractivity contribution in [1.82, 2.24) is 9.47 Å². The minimum absolute atomic E-state index is 0.167. The molecule has 2 unspecified atom stereocenters. The summed E-state index contributed by atoms with van der Waals surface area (Å²) in [7, 11) is 1.57. The van der Waals surface area contributed by atoms with Crippen molar-refractivity contribution in [2.45, 2.75) is 52.8 Å². The number of aryl methyl sites for hydroxylation is 1. The second-order valence-electron chi connectivity index (χ2n) is 10.0. The Kier molecular flexibility index (Phi) is 6.75. The summed E-state index contributed by atoms with van der Waals surface area (Å²) >= 11 is 6.02. The number of methoxy groups -OCH3 is 1. The van der Waals surface area contributed by atoms with E-state index in [1.165, 1.54) is 0 Å². The Labute approximate surface area is 214 Å². The fourth-order valence-corrected chi connectivity index (χ4v) is 4.87. The summed E-state index contributed by atoms with van der Waals surface area (Å²) in [5.41, 5.74) is 2.10. The zero-order valence-corrected chi connectivity index (χ0v) is 21.6. The smallest absolute Gasteiger partial charge is 0.410 e. The number of hydrogen-bond acceptors (Lipinski definition) is 5. The number of hydrogen-bond donors (Lipinski definition) is 1. The largest absolute Gasteiger partial charge is 0.497 e. The van der Waals surface area contributed by atoms with Crippen molar-refractivity contribution in [2.24, 2.45) is 5.41 Å². The second-order valence-corrected chi connectivity index (χ2v) is 10.4. The maximum atomic E-state index is 13.7. The summed E-state index contributed by atoms with van der Waals surface area (Å²) in [6.45, 7) is 7.37. The molecular weight excluding hydrogens is 484 g/mol. The van der Waals surface area contributed by atoms with Crippen LogP contribution in [0.4, 0.5) is 4.79 Å². The van der Waals surface area contributed by atoms with Crippen LogP contribution < -0.4 is 4.74 Å². The van der Waals surface area contributed by atoms with Crippen LogP contribution in [0.3, 0.4) is 0 Å². The molecule has 0 spiro atoms. The number of aromatic nitrogens is 1. The van der Waals surface area contributed by atoms with E-state index in [1.54, 1.807) is 42.0 Å². The quantitative estimate of drug-likeness (QED) is 0.452. The minimum atomic E-state index is -1.22. The van der Waals surface area contributed by atoms with Gasteiger partial charge in [-0.05, 0) is 67.8 Å². The number of fused-ring (bicyclic) bond motifs is 1. The second kappa shape index (κ2) is 9.50. The summed E-state index contributed by atoms with van der Waals surface area (Å²) in [5, 5.41) is 11.2. The number of carboxylic acid groups (broad SMARTS) is 1. The van der Waals surface area contributed by atoms with E-state index in [1.807, 2.05) is 39.8 Å². The molecule has 4 rings (SSSR count). The van der Waals surface area contributed by atoms with Crippen LogP contribution in [-0.4, -0.2) is 51.9 Å². The van der Waals surface area contributed by atoms with Gasteiger partial charge in [0.25, 0.3) is 5.91 Å². The molecule has 1 aliphatic rings. The van der Waals surface area contributed by atoms with Crippen LogP contribution in [0.5, 0.6) is 5.75 Å². The van der Waals surface area contributed by atoms with Gasteiger partial charge in [0.05, 0.1) is 12.6 Å². The number of cyclic esters (lactones) is 1. The first kappa shape index (κ1) is 25.6. The number of benzene rings is 2. The first-order valence-corrected chi connectivity index (χ1v) is 12.0. The maximum absolute atomic E-state index is 13.7. The van der Waals surface area contributed by atoms with Gasteiger partial charge in [0.2, 0.25) is 0 Å². The van der Waals surface area contributed by atoms with Gasteiger partial charge in [-0.15, -0.1) is 0 Å². The molecule has 2 aromatic carbocycles. The maximum Gasteiger partial charge on any atom is 0.410 e. The first-order chi connectivity index (χ1) is 16.9. The lowest BCUT2D eigenvalue weighted by atomic mass is 9.93. The van der Waals surface area contributed by atoms with Gasteiger partial charge >= 0.3 is 12.1 Å². The summed E-state index contributed by atoms with van der Waals surface area (Å²) < 4.78 is 12.5. The summed E-state index contributed by atoms with van der Waals surface area (Å²) in [6.07, 6.45) is -1.66. The Balaban J connectivity index is 1.76. The van der Waals surface area contributed by atoms with E-state index in [9.17, 15) is 19.5 Å². The molecule has 1 saturated heterocycles. The number of ether oxygens (including phenoxy) is 2. The lowest BCUT2D eigenvalue weighted by molar-refractivity contribution is -0.147. The van der Waals surface area contributed by atoms with Gasteiger partial charge in [-0.1, -0.05) is 32.4 Å². The molecular formula is C27H29ClN2O6. The molecule has 0 saturated carbocycles. The standard InChI is InChI=1S/C27H29ClN2O6/c1-15-19-14-18(35-5)10-11-21(19)29(23(31)16-6-8-17(28)9-7-16)20(15)12-13-22-24(32)36-25(27(2,3)4)30(22)26(33)34/h6-11,14,22,25H,12-13H2,1-5H3,(H,33,34). The van der Waals surface area contributed by atoms with Crippen molar-refractivity contribution in [3.8, 4) is 5.75 Å². The van der Waals surface area contributed by atoms with Gasteiger partial charge in [0.15, 0.2) is 6.23 Å². The fraction of sp³-hybridized carbons (Fsp3) is 0.370. The highest BCUT2D eigenvalue weighted by molar-refractivity contribution is 6.30. The van der Waals surface area contributed by atoms with Crippen LogP contribution in [0.1, 0.15) is 48.8 Å². The van der Waals surface area contributed by atoms with Crippen LogP contribution in [0.15, 0.2) is 42.5 Å². The molecule has 3 aromatic rings. The number of carbonyl (C=O) groups excluding carboxylic acids is 2. The Bertz CT molecular complexity index is 1340. The molecule has 1 N–H and O–H groups in total. The number of esters is 1. The van der Waals surface area contributed by atoms with Crippen molar-refractivity contribution in [1.29, 1.82) is 0 Å². The Hall–Kier alpha value is -3.52. The molecule has 2 heterocycles. The normalized spacial score (nSPS) is 17.9. The third-order valence-electron chi connectivity index (χ3n) is 6.55. The van der Waals surface area contributed by atoms with Crippen LogP contribution >= 0.6 is 11.6 Å². The lowest BCUT2D eigenvalue weighted by Crippen LogP contribution is -2.47. The molecule has 190 valence electrons. The van der Waals surface area contributed by atoms with Gasteiger partial charge in [0.1, 0.15) is 11.8 Å². The first-order valence-electron chi connectivity index (χ1n) is 11.6. The van der Waals surface area contributed by atoms with Crippen molar-refractivity contribution in [2.75, 3.05) is 7.11 Å². The fourth-order valence-electron chi connectivity index (χ4n) is 4.74. The van der Waals surface area contributed by atoms with Crippen molar-refractivity contribution in [3.63, 3.8) is 0 Å². The van der Waals surface area contributed by atoms with Crippen LogP contribution in [0.25, 0.3) is 10.9 Å². The van der Waals surface area contributed by atoms with Gasteiger partial charge in [0, 0.05) is 27.1 Å². The van der Waals surface area contributed by atoms with E-state index in [0.717, 1.165) is 15.8 Å². The average molecular weight is 513 g/mol. The molecule has 1 amide bonds. The van der Waals surface area contributed by atoms with Crippen LogP contribution in [-0.2, 0) is 16.0 Å². The van der Waals surface area contributed by atoms with Gasteiger partial charge in [-0.25, -0.2) is 9.59 Å². The molecule has 0 aliphatic carbocycles. The number of nitrogens with zero attached hydrogens (tertiary/aromatic N) is 2. The summed E-state index contributed by atoms with van der Waals surface area (Å²) in [6, 6.07) is 11.1. The van der Waals surface area contributed by atoms with Crippen molar-refractivity contribution < 1.29 is 29.0 Å².